The van der Waals surface area contributed by atoms with Gasteiger partial charge in [0.05, 0.1) is 12.8 Å². The second-order valence-electron chi connectivity index (χ2n) is 9.05. The SMILES string of the molecule is COc1ccc(C(=O)C2C(c3c(-c4ccc(Br)cc4)[nH]c4ccccc34)=NOC2c2ccc(F)cc2)cc1. The Morgan fingerprint density at radius 3 is 2.37 bits per heavy atom. The molecule has 0 radical (unpaired) electrons. The van der Waals surface area contributed by atoms with Crippen molar-refractivity contribution in [3.63, 3.8) is 0 Å². The summed E-state index contributed by atoms with van der Waals surface area (Å²) in [5.74, 6) is -0.616. The smallest absolute Gasteiger partial charge is 0.176 e. The molecule has 5 aromatic rings. The summed E-state index contributed by atoms with van der Waals surface area (Å²) in [4.78, 5) is 23.6. The van der Waals surface area contributed by atoms with Crippen LogP contribution < -0.4 is 4.74 Å². The average Bonchev–Trinajstić information content (AvgIpc) is 3.55. The standard InChI is InChI=1S/C31H22BrFN2O3/c1-37-23-16-10-19(11-17-23)30(36)27-29(35-38-31(27)20-8-14-22(33)15-9-20)26-24-4-2-3-5-25(24)34-28(26)18-6-12-21(32)13-7-18/h2-17,27,31,34H,1H3. The number of nitrogens with zero attached hydrogens (tertiary/aromatic N) is 1. The number of H-pyrrole nitrogens is 1. The van der Waals surface area contributed by atoms with Gasteiger partial charge in [0, 0.05) is 26.5 Å². The van der Waals surface area contributed by atoms with Crippen molar-refractivity contribution < 1.29 is 18.8 Å². The number of hydrogen-bond acceptors (Lipinski definition) is 4. The van der Waals surface area contributed by atoms with Crippen LogP contribution in [-0.2, 0) is 4.84 Å². The Balaban J connectivity index is 1.53. The van der Waals surface area contributed by atoms with Gasteiger partial charge in [0.1, 0.15) is 23.2 Å². The van der Waals surface area contributed by atoms with Gasteiger partial charge in [-0.15, -0.1) is 0 Å². The maximum absolute atomic E-state index is 14.1. The van der Waals surface area contributed by atoms with E-state index in [0.717, 1.165) is 32.2 Å². The highest BCUT2D eigenvalue weighted by molar-refractivity contribution is 9.10. The van der Waals surface area contributed by atoms with Gasteiger partial charge < -0.3 is 14.6 Å². The molecule has 5 nitrogen and oxygen atoms in total. The lowest BCUT2D eigenvalue weighted by Crippen LogP contribution is -2.27. The van der Waals surface area contributed by atoms with Crippen molar-refractivity contribution >= 4 is 38.3 Å². The third kappa shape index (κ3) is 4.29. The summed E-state index contributed by atoms with van der Waals surface area (Å²) in [7, 11) is 1.58. The van der Waals surface area contributed by atoms with Gasteiger partial charge in [0.25, 0.3) is 0 Å². The number of aromatic nitrogens is 1. The van der Waals surface area contributed by atoms with E-state index in [9.17, 15) is 9.18 Å². The van der Waals surface area contributed by atoms with Crippen molar-refractivity contribution in [1.82, 2.24) is 4.98 Å². The van der Waals surface area contributed by atoms with E-state index in [1.165, 1.54) is 12.1 Å². The van der Waals surface area contributed by atoms with Gasteiger partial charge in [-0.2, -0.15) is 0 Å². The van der Waals surface area contributed by atoms with Crippen molar-refractivity contribution in [3.8, 4) is 17.0 Å². The first-order chi connectivity index (χ1) is 18.5. The maximum atomic E-state index is 14.1. The molecule has 0 amide bonds. The number of hydrogen-bond donors (Lipinski definition) is 1. The van der Waals surface area contributed by atoms with Crippen molar-refractivity contribution in [2.45, 2.75) is 6.10 Å². The molecule has 0 aliphatic carbocycles. The van der Waals surface area contributed by atoms with E-state index in [0.29, 0.717) is 22.6 Å². The van der Waals surface area contributed by atoms with Gasteiger partial charge in [0.15, 0.2) is 11.9 Å². The number of ether oxygens (including phenoxy) is 1. The van der Waals surface area contributed by atoms with E-state index < -0.39 is 12.0 Å². The lowest BCUT2D eigenvalue weighted by Gasteiger charge is -2.19. The molecule has 4 aromatic carbocycles. The summed E-state index contributed by atoms with van der Waals surface area (Å²) in [5.41, 5.74) is 5.21. The van der Waals surface area contributed by atoms with Crippen LogP contribution in [0.15, 0.2) is 107 Å². The Hall–Kier alpha value is -4.23. The van der Waals surface area contributed by atoms with Crippen molar-refractivity contribution in [2.75, 3.05) is 7.11 Å². The van der Waals surface area contributed by atoms with Crippen LogP contribution in [0.3, 0.4) is 0 Å². The summed E-state index contributed by atoms with van der Waals surface area (Å²) in [6.45, 7) is 0. The number of methoxy groups -OCH3 is 1. The summed E-state index contributed by atoms with van der Waals surface area (Å²) >= 11 is 3.51. The number of nitrogens with one attached hydrogen (secondary N) is 1. The Kier molecular flexibility index (Phi) is 6.29. The molecule has 1 N–H and O–H groups in total. The second kappa shape index (κ2) is 9.91. The number of rotatable bonds is 6. The van der Waals surface area contributed by atoms with Crippen LogP contribution in [0.2, 0.25) is 0 Å². The molecule has 0 spiro atoms. The minimum atomic E-state index is -0.762. The molecule has 1 aliphatic rings. The third-order valence-electron chi connectivity index (χ3n) is 6.81. The Bertz CT molecular complexity index is 1660. The number of para-hydroxylation sites is 1. The number of oxime groups is 1. The molecule has 0 saturated carbocycles. The predicted molar refractivity (Wildman–Crippen MR) is 149 cm³/mol. The number of halogens is 2. The number of aromatic amines is 1. The third-order valence-corrected chi connectivity index (χ3v) is 7.34. The van der Waals surface area contributed by atoms with Gasteiger partial charge in [-0.1, -0.05) is 63.6 Å². The quantitative estimate of drug-likeness (QED) is 0.213. The van der Waals surface area contributed by atoms with Crippen molar-refractivity contribution in [3.05, 3.63) is 124 Å². The molecule has 6 rings (SSSR count). The zero-order chi connectivity index (χ0) is 26.2. The largest absolute Gasteiger partial charge is 0.497 e. The predicted octanol–water partition coefficient (Wildman–Crippen LogP) is 7.72. The van der Waals surface area contributed by atoms with E-state index >= 15 is 0 Å². The molecule has 38 heavy (non-hydrogen) atoms. The molecule has 2 atom stereocenters. The fourth-order valence-corrected chi connectivity index (χ4v) is 5.18. The lowest BCUT2D eigenvalue weighted by molar-refractivity contribution is 0.0533. The van der Waals surface area contributed by atoms with Gasteiger partial charge in [-0.3, -0.25) is 4.79 Å². The molecular weight excluding hydrogens is 547 g/mol. The monoisotopic (exact) mass is 568 g/mol. The van der Waals surface area contributed by atoms with Crippen LogP contribution in [0.1, 0.15) is 27.6 Å². The van der Waals surface area contributed by atoms with Crippen molar-refractivity contribution in [2.24, 2.45) is 11.1 Å². The highest BCUT2D eigenvalue weighted by atomic mass is 79.9. The summed E-state index contributed by atoms with van der Waals surface area (Å²) in [6, 6.07) is 28.9. The van der Waals surface area contributed by atoms with Crippen LogP contribution in [0.4, 0.5) is 4.39 Å². The molecular formula is C31H22BrFN2O3. The minimum absolute atomic E-state index is 0.148. The molecule has 1 aliphatic heterocycles. The fourth-order valence-electron chi connectivity index (χ4n) is 4.92. The molecule has 2 heterocycles. The molecule has 7 heteroatoms. The molecule has 1 aromatic heterocycles. The zero-order valence-corrected chi connectivity index (χ0v) is 21.9. The number of carbonyl (C=O) groups is 1. The first-order valence-corrected chi connectivity index (χ1v) is 12.9. The van der Waals surface area contributed by atoms with E-state index in [2.05, 4.69) is 26.1 Å². The van der Waals surface area contributed by atoms with Gasteiger partial charge >= 0.3 is 0 Å². The topological polar surface area (TPSA) is 63.7 Å². The molecule has 0 fully saturated rings. The number of fused-ring (bicyclic) bond motifs is 1. The van der Waals surface area contributed by atoms with Gasteiger partial charge in [0.2, 0.25) is 0 Å². The first-order valence-electron chi connectivity index (χ1n) is 12.1. The zero-order valence-electron chi connectivity index (χ0n) is 20.3. The molecule has 2 unspecified atom stereocenters. The van der Waals surface area contributed by atoms with E-state index in [1.54, 1.807) is 43.5 Å². The van der Waals surface area contributed by atoms with Crippen LogP contribution in [0.25, 0.3) is 22.2 Å². The summed E-state index contributed by atoms with van der Waals surface area (Å²) < 4.78 is 20.0. The average molecular weight is 569 g/mol. The van der Waals surface area contributed by atoms with Gasteiger partial charge in [-0.25, -0.2) is 4.39 Å². The van der Waals surface area contributed by atoms with Crippen LogP contribution >= 0.6 is 15.9 Å². The number of benzene rings is 4. The highest BCUT2D eigenvalue weighted by Crippen LogP contribution is 2.42. The van der Waals surface area contributed by atoms with E-state index in [-0.39, 0.29) is 11.6 Å². The van der Waals surface area contributed by atoms with Gasteiger partial charge in [-0.05, 0) is 65.7 Å². The Morgan fingerprint density at radius 1 is 0.947 bits per heavy atom. The van der Waals surface area contributed by atoms with E-state index in [4.69, 9.17) is 9.57 Å². The minimum Gasteiger partial charge on any atom is -0.497 e. The number of carbonyl (C=O) groups excluding carboxylic acids is 1. The molecule has 0 bridgehead atoms. The molecule has 188 valence electrons. The van der Waals surface area contributed by atoms with Crippen LogP contribution in [-0.4, -0.2) is 23.6 Å². The Labute approximate surface area is 227 Å². The fraction of sp³-hybridized carbons (Fsp3) is 0.0968. The maximum Gasteiger partial charge on any atom is 0.176 e. The summed E-state index contributed by atoms with van der Waals surface area (Å²) in [6.07, 6.45) is -0.716. The lowest BCUT2D eigenvalue weighted by atomic mass is 9.82. The summed E-state index contributed by atoms with van der Waals surface area (Å²) in [5, 5.41) is 5.45. The number of Topliss-reactive ketones (excluding diaryl/α,β-unsaturated/α-hetero) is 1. The molecule has 0 saturated heterocycles. The van der Waals surface area contributed by atoms with Crippen LogP contribution in [0, 0.1) is 11.7 Å². The second-order valence-corrected chi connectivity index (χ2v) is 9.97. The van der Waals surface area contributed by atoms with E-state index in [1.807, 2.05) is 48.5 Å². The van der Waals surface area contributed by atoms with Crippen molar-refractivity contribution in [1.29, 1.82) is 0 Å². The first kappa shape index (κ1) is 24.1. The van der Waals surface area contributed by atoms with Crippen LogP contribution in [0.5, 0.6) is 5.75 Å². The normalized spacial score (nSPS) is 16.8. The number of ketones is 1. The Morgan fingerprint density at radius 2 is 1.66 bits per heavy atom. The highest BCUT2D eigenvalue weighted by Gasteiger charge is 2.43.